The lowest BCUT2D eigenvalue weighted by Crippen LogP contribution is -2.41. The second kappa shape index (κ2) is 6.89. The van der Waals surface area contributed by atoms with Crippen molar-refractivity contribution in [3.05, 3.63) is 40.6 Å². The van der Waals surface area contributed by atoms with Crippen molar-refractivity contribution in [2.24, 2.45) is 0 Å². The van der Waals surface area contributed by atoms with Crippen LogP contribution in [-0.2, 0) is 6.54 Å². The van der Waals surface area contributed by atoms with Gasteiger partial charge in [0.15, 0.2) is 0 Å². The third kappa shape index (κ3) is 3.51. The van der Waals surface area contributed by atoms with E-state index in [1.165, 1.54) is 5.56 Å². The van der Waals surface area contributed by atoms with Crippen LogP contribution in [0.4, 0.5) is 0 Å². The molecule has 2 atom stereocenters. The first-order valence-corrected chi connectivity index (χ1v) is 8.32. The first-order chi connectivity index (χ1) is 11.1. The molecule has 0 saturated carbocycles. The van der Waals surface area contributed by atoms with E-state index in [4.69, 9.17) is 20.8 Å². The van der Waals surface area contributed by atoms with Crippen LogP contribution < -0.4 is 4.74 Å². The minimum absolute atomic E-state index is 0.291. The number of halogens is 1. The van der Waals surface area contributed by atoms with Gasteiger partial charge >= 0.3 is 0 Å². The third-order valence-electron chi connectivity index (χ3n) is 4.58. The van der Waals surface area contributed by atoms with Crippen LogP contribution in [0.1, 0.15) is 43.0 Å². The molecule has 1 saturated heterocycles. The number of ether oxygens (including phenoxy) is 1. The first-order valence-electron chi connectivity index (χ1n) is 7.95. The Kier molecular flexibility index (Phi) is 4.87. The zero-order valence-electron chi connectivity index (χ0n) is 13.8. The summed E-state index contributed by atoms with van der Waals surface area (Å²) in [4.78, 5) is 2.45. The maximum atomic E-state index is 6.11. The van der Waals surface area contributed by atoms with Gasteiger partial charge in [0.2, 0.25) is 11.8 Å². The van der Waals surface area contributed by atoms with Crippen LogP contribution in [0.15, 0.2) is 22.6 Å². The zero-order chi connectivity index (χ0) is 16.4. The molecule has 0 aliphatic carbocycles. The molecule has 1 aliphatic heterocycles. The van der Waals surface area contributed by atoms with Gasteiger partial charge in [0.05, 0.1) is 18.1 Å². The third-order valence-corrected chi connectivity index (χ3v) is 4.89. The van der Waals surface area contributed by atoms with Gasteiger partial charge in [-0.15, -0.1) is 10.2 Å². The Morgan fingerprint density at radius 3 is 2.91 bits per heavy atom. The van der Waals surface area contributed by atoms with Crippen molar-refractivity contribution < 1.29 is 9.15 Å². The van der Waals surface area contributed by atoms with Gasteiger partial charge in [0, 0.05) is 19.5 Å². The molecule has 0 amide bonds. The summed E-state index contributed by atoms with van der Waals surface area (Å²) < 4.78 is 11.0. The van der Waals surface area contributed by atoms with Crippen molar-refractivity contribution in [2.75, 3.05) is 13.7 Å². The van der Waals surface area contributed by atoms with Crippen LogP contribution in [0, 0.1) is 6.92 Å². The van der Waals surface area contributed by atoms with E-state index in [0.29, 0.717) is 22.9 Å². The first kappa shape index (κ1) is 16.3. The molecular weight excluding hydrogens is 314 g/mol. The maximum Gasteiger partial charge on any atom is 0.221 e. The minimum Gasteiger partial charge on any atom is -0.495 e. The molecule has 124 valence electrons. The van der Waals surface area contributed by atoms with E-state index in [0.717, 1.165) is 37.6 Å². The molecule has 2 aromatic rings. The quantitative estimate of drug-likeness (QED) is 0.850. The molecule has 5 nitrogen and oxygen atoms in total. The zero-order valence-corrected chi connectivity index (χ0v) is 14.5. The predicted octanol–water partition coefficient (Wildman–Crippen LogP) is 3.81. The standard InChI is InChI=1S/C17H22ClN3O2/c1-11-14(17-20-19-12(2)23-17)5-4-8-21(11)10-13-6-7-15(18)16(9-13)22-3/h6-7,9,11,14H,4-5,8,10H2,1-3H3/t11-,14-/m0/s1. The highest BCUT2D eigenvalue weighted by atomic mass is 35.5. The largest absolute Gasteiger partial charge is 0.495 e. The van der Waals surface area contributed by atoms with E-state index < -0.39 is 0 Å². The summed E-state index contributed by atoms with van der Waals surface area (Å²) in [6.45, 7) is 5.99. The highest BCUT2D eigenvalue weighted by molar-refractivity contribution is 6.32. The van der Waals surface area contributed by atoms with Gasteiger partial charge in [-0.1, -0.05) is 17.7 Å². The van der Waals surface area contributed by atoms with Crippen LogP contribution in [0.25, 0.3) is 0 Å². The highest BCUT2D eigenvalue weighted by Gasteiger charge is 2.32. The number of methoxy groups -OCH3 is 1. The molecule has 1 aromatic heterocycles. The van der Waals surface area contributed by atoms with Crippen molar-refractivity contribution in [3.8, 4) is 5.75 Å². The van der Waals surface area contributed by atoms with Gasteiger partial charge in [-0.25, -0.2) is 0 Å². The molecule has 0 spiro atoms. The second-order valence-corrected chi connectivity index (χ2v) is 6.50. The Balaban J connectivity index is 1.75. The van der Waals surface area contributed by atoms with Gasteiger partial charge < -0.3 is 9.15 Å². The summed E-state index contributed by atoms with van der Waals surface area (Å²) in [5, 5.41) is 8.83. The van der Waals surface area contributed by atoms with Crippen molar-refractivity contribution in [3.63, 3.8) is 0 Å². The number of benzene rings is 1. The molecule has 3 rings (SSSR count). The highest BCUT2D eigenvalue weighted by Crippen LogP contribution is 2.33. The molecule has 0 unspecified atom stereocenters. The van der Waals surface area contributed by atoms with Crippen molar-refractivity contribution in [1.29, 1.82) is 0 Å². The molecule has 0 radical (unpaired) electrons. The van der Waals surface area contributed by atoms with Gasteiger partial charge in [0.1, 0.15) is 5.75 Å². The summed E-state index contributed by atoms with van der Waals surface area (Å²) in [6, 6.07) is 6.31. The number of hydrogen-bond donors (Lipinski definition) is 0. The Bertz CT molecular complexity index is 674. The van der Waals surface area contributed by atoms with Crippen LogP contribution in [0.5, 0.6) is 5.75 Å². The van der Waals surface area contributed by atoms with Crippen molar-refractivity contribution in [1.82, 2.24) is 15.1 Å². The molecule has 0 bridgehead atoms. The van der Waals surface area contributed by atoms with E-state index in [2.05, 4.69) is 28.1 Å². The fourth-order valence-corrected chi connectivity index (χ4v) is 3.46. The smallest absolute Gasteiger partial charge is 0.221 e. The van der Waals surface area contributed by atoms with Crippen LogP contribution in [0.3, 0.4) is 0 Å². The van der Waals surface area contributed by atoms with Crippen molar-refractivity contribution in [2.45, 2.75) is 45.2 Å². The number of nitrogens with zero attached hydrogens (tertiary/aromatic N) is 3. The topological polar surface area (TPSA) is 51.4 Å². The predicted molar refractivity (Wildman–Crippen MR) is 88.9 cm³/mol. The van der Waals surface area contributed by atoms with E-state index in [-0.39, 0.29) is 0 Å². The molecule has 23 heavy (non-hydrogen) atoms. The van der Waals surface area contributed by atoms with Crippen LogP contribution >= 0.6 is 11.6 Å². The summed E-state index contributed by atoms with van der Waals surface area (Å²) in [7, 11) is 1.64. The minimum atomic E-state index is 0.291. The van der Waals surface area contributed by atoms with E-state index in [1.54, 1.807) is 7.11 Å². The molecule has 1 aromatic carbocycles. The average Bonchev–Trinajstić information content (AvgIpc) is 2.97. The normalized spacial score (nSPS) is 22.3. The lowest BCUT2D eigenvalue weighted by atomic mass is 9.89. The molecule has 0 N–H and O–H groups in total. The maximum absolute atomic E-state index is 6.11. The van der Waals surface area contributed by atoms with Crippen LogP contribution in [-0.4, -0.2) is 34.8 Å². The van der Waals surface area contributed by atoms with E-state index >= 15 is 0 Å². The Hall–Kier alpha value is -1.59. The number of piperidine rings is 1. The Morgan fingerprint density at radius 2 is 2.22 bits per heavy atom. The van der Waals surface area contributed by atoms with Gasteiger partial charge in [-0.3, -0.25) is 4.90 Å². The van der Waals surface area contributed by atoms with Gasteiger partial charge in [-0.05, 0) is 44.0 Å². The molecule has 1 fully saturated rings. The molecule has 1 aliphatic rings. The summed E-state index contributed by atoms with van der Waals surface area (Å²) in [6.07, 6.45) is 2.21. The number of rotatable bonds is 4. The van der Waals surface area contributed by atoms with Crippen LogP contribution in [0.2, 0.25) is 5.02 Å². The Morgan fingerprint density at radius 1 is 1.39 bits per heavy atom. The summed E-state index contributed by atoms with van der Waals surface area (Å²) in [5.74, 6) is 2.40. The molecule has 6 heteroatoms. The SMILES string of the molecule is COc1cc(CN2CCC[C@H](c3nnc(C)o3)[C@@H]2C)ccc1Cl. The average molecular weight is 336 g/mol. The molecular formula is C17H22ClN3O2. The van der Waals surface area contributed by atoms with Crippen molar-refractivity contribution >= 4 is 11.6 Å². The number of likely N-dealkylation sites (tertiary alicyclic amines) is 1. The summed E-state index contributed by atoms with van der Waals surface area (Å²) >= 11 is 6.11. The monoisotopic (exact) mass is 335 g/mol. The number of hydrogen-bond acceptors (Lipinski definition) is 5. The number of aromatic nitrogens is 2. The van der Waals surface area contributed by atoms with Gasteiger partial charge in [0.25, 0.3) is 0 Å². The van der Waals surface area contributed by atoms with Gasteiger partial charge in [-0.2, -0.15) is 0 Å². The molecule has 2 heterocycles. The lowest BCUT2D eigenvalue weighted by molar-refractivity contribution is 0.118. The fourth-order valence-electron chi connectivity index (χ4n) is 3.27. The second-order valence-electron chi connectivity index (χ2n) is 6.09. The number of aryl methyl sites for hydroxylation is 1. The fraction of sp³-hybridized carbons (Fsp3) is 0.529. The lowest BCUT2D eigenvalue weighted by Gasteiger charge is -2.38. The summed E-state index contributed by atoms with van der Waals surface area (Å²) in [5.41, 5.74) is 1.19. The van der Waals surface area contributed by atoms with E-state index in [9.17, 15) is 0 Å². The van der Waals surface area contributed by atoms with E-state index in [1.807, 2.05) is 19.1 Å². The Labute approximate surface area is 141 Å².